The fraction of sp³-hybridized carbons (Fsp3) is 0.357. The maximum absolute atomic E-state index is 2.23. The van der Waals surface area contributed by atoms with E-state index in [0.717, 1.165) is 6.67 Å². The fourth-order valence-electron chi connectivity index (χ4n) is 2.34. The third-order valence-electron chi connectivity index (χ3n) is 2.72. The van der Waals surface area contributed by atoms with Crippen LogP contribution in [0.5, 0.6) is 0 Å². The van der Waals surface area contributed by atoms with Gasteiger partial charge in [-0.3, -0.25) is 0 Å². The molecule has 0 aromatic carbocycles. The monoisotopic (exact) mass is 384 g/mol. The van der Waals surface area contributed by atoms with Crippen molar-refractivity contribution in [2.24, 2.45) is 0 Å². The van der Waals surface area contributed by atoms with E-state index in [1.165, 1.54) is 22.1 Å². The minimum atomic E-state index is 0. The number of halogens is 2. The first-order valence-electron chi connectivity index (χ1n) is 5.97. The van der Waals surface area contributed by atoms with Gasteiger partial charge in [0, 0.05) is 0 Å². The second kappa shape index (κ2) is 7.90. The molecule has 0 fully saturated rings. The average molecular weight is 386 g/mol. The van der Waals surface area contributed by atoms with Crippen molar-refractivity contribution < 1.29 is 43.0 Å². The van der Waals surface area contributed by atoms with Gasteiger partial charge in [-0.25, -0.2) is 0 Å². The number of aromatic nitrogens is 2. The van der Waals surface area contributed by atoms with Crippen LogP contribution in [-0.4, -0.2) is 7.05 Å². The standard InChI is InChI=1S/C14H19BN2.2BrH/c1-11-5-12(2)8-16(7-11)10-17-9-13(3)6-14(4)15-17;;/h5-9H,10H2,1-4H3;2*1H/q+2;;/p-2. The van der Waals surface area contributed by atoms with Crippen LogP contribution in [0.15, 0.2) is 30.7 Å². The zero-order chi connectivity index (χ0) is 12.4. The van der Waals surface area contributed by atoms with Crippen LogP contribution in [0, 0.1) is 27.7 Å². The van der Waals surface area contributed by atoms with Crippen molar-refractivity contribution in [1.82, 2.24) is 0 Å². The summed E-state index contributed by atoms with van der Waals surface area (Å²) in [5, 5.41) is 0. The van der Waals surface area contributed by atoms with Crippen molar-refractivity contribution in [3.63, 3.8) is 0 Å². The number of rotatable bonds is 2. The molecular weight excluding hydrogens is 367 g/mol. The third kappa shape index (κ3) is 5.53. The molecule has 0 saturated heterocycles. The van der Waals surface area contributed by atoms with E-state index in [1.54, 1.807) is 0 Å². The summed E-state index contributed by atoms with van der Waals surface area (Å²) in [5.41, 5.74) is 5.20. The Morgan fingerprint density at radius 2 is 1.37 bits per heavy atom. The van der Waals surface area contributed by atoms with Gasteiger partial charge in [0.25, 0.3) is 0 Å². The van der Waals surface area contributed by atoms with Crippen molar-refractivity contribution in [1.29, 1.82) is 0 Å². The molecule has 0 unspecified atom stereocenters. The quantitative estimate of drug-likeness (QED) is 0.459. The van der Waals surface area contributed by atoms with Gasteiger partial charge >= 0.3 is 103 Å². The smallest absolute Gasteiger partial charge is 1.00 e. The topological polar surface area (TPSA) is 7.76 Å². The molecule has 0 amide bonds. The van der Waals surface area contributed by atoms with Gasteiger partial charge in [-0.1, -0.05) is 0 Å². The molecule has 0 aliphatic carbocycles. The Kier molecular flexibility index (Phi) is 7.68. The summed E-state index contributed by atoms with van der Waals surface area (Å²) >= 11 is 0. The van der Waals surface area contributed by atoms with Crippen LogP contribution in [0.25, 0.3) is 0 Å². The molecule has 0 radical (unpaired) electrons. The fourth-order valence-corrected chi connectivity index (χ4v) is 2.34. The van der Waals surface area contributed by atoms with Crippen molar-refractivity contribution in [3.8, 4) is 0 Å². The molecule has 5 heteroatoms. The molecule has 0 spiro atoms. The zero-order valence-electron chi connectivity index (χ0n) is 11.8. The number of pyridine rings is 1. The third-order valence-corrected chi connectivity index (χ3v) is 2.72. The molecule has 0 saturated carbocycles. The normalized spacial score (nSPS) is 9.26. The summed E-state index contributed by atoms with van der Waals surface area (Å²) in [6.07, 6.45) is 6.53. The van der Waals surface area contributed by atoms with Gasteiger partial charge in [-0.15, -0.1) is 0 Å². The van der Waals surface area contributed by atoms with Gasteiger partial charge in [0.15, 0.2) is 0 Å². The van der Waals surface area contributed by atoms with E-state index < -0.39 is 0 Å². The van der Waals surface area contributed by atoms with Crippen molar-refractivity contribution >= 4 is 7.05 Å². The van der Waals surface area contributed by atoms with Crippen molar-refractivity contribution in [3.05, 3.63) is 52.9 Å². The van der Waals surface area contributed by atoms with Crippen molar-refractivity contribution in [2.45, 2.75) is 34.4 Å². The molecule has 2 nitrogen and oxygen atoms in total. The van der Waals surface area contributed by atoms with E-state index in [2.05, 4.69) is 74.5 Å². The number of hydrogen-bond donors (Lipinski definition) is 0. The van der Waals surface area contributed by atoms with Crippen LogP contribution >= 0.6 is 0 Å². The molecule has 2 rings (SSSR count). The molecule has 19 heavy (non-hydrogen) atoms. The van der Waals surface area contributed by atoms with Gasteiger partial charge < -0.3 is 34.0 Å². The Morgan fingerprint density at radius 3 is 1.89 bits per heavy atom. The predicted octanol–water partition coefficient (Wildman–Crippen LogP) is -4.65. The van der Waals surface area contributed by atoms with E-state index in [4.69, 9.17) is 0 Å². The Balaban J connectivity index is 0.00000162. The average Bonchev–Trinajstić information content (AvgIpc) is 2.13. The van der Waals surface area contributed by atoms with Crippen LogP contribution in [0.1, 0.15) is 22.1 Å². The molecule has 0 aliphatic heterocycles. The van der Waals surface area contributed by atoms with Gasteiger partial charge in [0.2, 0.25) is 0 Å². The first-order chi connectivity index (χ1) is 8.02. The maximum Gasteiger partial charge on any atom is -1.00 e. The molecule has 102 valence electrons. The molecule has 0 atom stereocenters. The zero-order valence-corrected chi connectivity index (χ0v) is 15.0. The SMILES string of the molecule is Cc1b[n+](C[n+]2cc(C)cc(C)c2)cc(C)c1.[Br-].[Br-]. The second-order valence-electron chi connectivity index (χ2n) is 4.95. The minimum Gasteiger partial charge on any atom is -1.00 e. The minimum absolute atomic E-state index is 0. The maximum atomic E-state index is 2.23. The Hall–Kier alpha value is -0.545. The van der Waals surface area contributed by atoms with Gasteiger partial charge in [-0.2, -0.15) is 0 Å². The Morgan fingerprint density at radius 1 is 0.842 bits per heavy atom. The molecule has 0 N–H and O–H groups in total. The van der Waals surface area contributed by atoms with E-state index in [9.17, 15) is 0 Å². The molecule has 0 aliphatic rings. The van der Waals surface area contributed by atoms with E-state index in [0.29, 0.717) is 0 Å². The number of hydrogen-bond acceptors (Lipinski definition) is 0. The van der Waals surface area contributed by atoms with Crippen LogP contribution in [0.2, 0.25) is 0 Å². The molecule has 2 aromatic rings. The van der Waals surface area contributed by atoms with E-state index >= 15 is 0 Å². The van der Waals surface area contributed by atoms with Gasteiger partial charge in [-0.05, 0) is 0 Å². The summed E-state index contributed by atoms with van der Waals surface area (Å²) in [6.45, 7) is 9.40. The summed E-state index contributed by atoms with van der Waals surface area (Å²) in [4.78, 5) is 0. The summed E-state index contributed by atoms with van der Waals surface area (Å²) in [6, 6.07) is 4.39. The molecular formula is C14H19BBr2N2. The molecule has 0 bridgehead atoms. The largest absolute Gasteiger partial charge is 1.00 e. The van der Waals surface area contributed by atoms with Crippen LogP contribution in [-0.2, 0) is 6.67 Å². The second-order valence-corrected chi connectivity index (χ2v) is 4.95. The summed E-state index contributed by atoms with van der Waals surface area (Å²) < 4.78 is 4.45. The number of aryl methyl sites for hydroxylation is 4. The van der Waals surface area contributed by atoms with Gasteiger partial charge in [0.1, 0.15) is 0 Å². The van der Waals surface area contributed by atoms with E-state index in [-0.39, 0.29) is 34.0 Å². The van der Waals surface area contributed by atoms with Crippen LogP contribution < -0.4 is 43.0 Å². The molecule has 2 heterocycles. The summed E-state index contributed by atoms with van der Waals surface area (Å²) in [5.74, 6) is 0. The summed E-state index contributed by atoms with van der Waals surface area (Å²) in [7, 11) is 2.18. The first-order valence-corrected chi connectivity index (χ1v) is 5.97. The number of nitrogens with zero attached hydrogens (tertiary/aromatic N) is 2. The molecule has 2 aromatic heterocycles. The Labute approximate surface area is 137 Å². The van der Waals surface area contributed by atoms with E-state index in [1.807, 2.05) is 0 Å². The van der Waals surface area contributed by atoms with Crippen LogP contribution in [0.4, 0.5) is 0 Å². The van der Waals surface area contributed by atoms with Gasteiger partial charge in [0.05, 0.1) is 0 Å². The predicted molar refractivity (Wildman–Crippen MR) is 69.0 cm³/mol. The van der Waals surface area contributed by atoms with Crippen molar-refractivity contribution in [2.75, 3.05) is 0 Å². The Bertz CT molecular complexity index is 469. The van der Waals surface area contributed by atoms with Crippen LogP contribution in [0.3, 0.4) is 0 Å². The first kappa shape index (κ1) is 18.5.